The molecule has 2 heterocycles. The summed E-state index contributed by atoms with van der Waals surface area (Å²) in [7, 11) is 3.82. The maximum Gasteiger partial charge on any atom is 0.232 e. The normalized spacial score (nSPS) is 10.4. The van der Waals surface area contributed by atoms with Gasteiger partial charge >= 0.3 is 0 Å². The average molecular weight is 249 g/mol. The third-order valence-electron chi connectivity index (χ3n) is 2.11. The molecule has 2 aromatic heterocycles. The molecule has 6 heteroatoms. The van der Waals surface area contributed by atoms with Crippen LogP contribution in [0.3, 0.4) is 0 Å². The summed E-state index contributed by atoms with van der Waals surface area (Å²) in [5.41, 5.74) is 0. The molecule has 0 unspecified atom stereocenters. The summed E-state index contributed by atoms with van der Waals surface area (Å²) < 4.78 is 0. The molecular weight excluding hydrogens is 234 g/mol. The van der Waals surface area contributed by atoms with Crippen LogP contribution in [0.4, 0.5) is 16.9 Å². The van der Waals surface area contributed by atoms with Crippen molar-refractivity contribution in [3.05, 3.63) is 22.8 Å². The molecule has 0 radical (unpaired) electrons. The van der Waals surface area contributed by atoms with Crippen LogP contribution < -0.4 is 10.2 Å². The number of thiophene rings is 1. The van der Waals surface area contributed by atoms with Gasteiger partial charge in [0.25, 0.3) is 0 Å². The number of rotatable bonds is 3. The largest absolute Gasteiger partial charge is 0.347 e. The minimum Gasteiger partial charge on any atom is -0.347 e. The Balaban J connectivity index is 2.26. The van der Waals surface area contributed by atoms with Gasteiger partial charge in [0, 0.05) is 19.0 Å². The lowest BCUT2D eigenvalue weighted by atomic mass is 10.5. The van der Waals surface area contributed by atoms with E-state index in [4.69, 9.17) is 0 Å². The summed E-state index contributed by atoms with van der Waals surface area (Å²) in [6.07, 6.45) is 0. The molecule has 0 atom stereocenters. The molecule has 2 aromatic rings. The molecule has 0 saturated carbocycles. The lowest BCUT2D eigenvalue weighted by Gasteiger charge is -2.11. The lowest BCUT2D eigenvalue weighted by Crippen LogP contribution is -2.15. The van der Waals surface area contributed by atoms with Gasteiger partial charge in [-0.05, 0) is 26.0 Å². The second-order valence-electron chi connectivity index (χ2n) is 3.94. The molecule has 1 N–H and O–H groups in total. The molecule has 0 bridgehead atoms. The van der Waals surface area contributed by atoms with Gasteiger partial charge in [0.2, 0.25) is 11.9 Å². The Morgan fingerprint density at radius 1 is 1.12 bits per heavy atom. The molecule has 0 fully saturated rings. The molecule has 0 aliphatic carbocycles. The lowest BCUT2D eigenvalue weighted by molar-refractivity contribution is 0.923. The van der Waals surface area contributed by atoms with Crippen LogP contribution in [0, 0.1) is 13.8 Å². The first kappa shape index (κ1) is 11.8. The van der Waals surface area contributed by atoms with E-state index in [0.717, 1.165) is 5.00 Å². The standard InChI is InChI=1S/C11H15N5S/c1-7-5-6-9(17-7)14-10-12-8(2)13-11(15-10)16(3)4/h5-6H,1-4H3,(H,12,13,14,15). The van der Waals surface area contributed by atoms with E-state index in [1.807, 2.05) is 32.0 Å². The Bertz CT molecular complexity index is 520. The number of nitrogens with zero attached hydrogens (tertiary/aromatic N) is 4. The molecule has 0 amide bonds. The maximum absolute atomic E-state index is 4.34. The second-order valence-corrected chi connectivity index (χ2v) is 5.22. The van der Waals surface area contributed by atoms with E-state index in [0.29, 0.717) is 17.7 Å². The molecule has 2 rings (SSSR count). The average Bonchev–Trinajstić information content (AvgIpc) is 2.63. The van der Waals surface area contributed by atoms with E-state index in [2.05, 4.69) is 33.3 Å². The van der Waals surface area contributed by atoms with Gasteiger partial charge in [0.05, 0.1) is 5.00 Å². The van der Waals surface area contributed by atoms with Crippen LogP contribution in [-0.4, -0.2) is 29.0 Å². The fourth-order valence-electron chi connectivity index (χ4n) is 1.34. The number of hydrogen-bond acceptors (Lipinski definition) is 6. The van der Waals surface area contributed by atoms with Crippen LogP contribution in [-0.2, 0) is 0 Å². The summed E-state index contributed by atoms with van der Waals surface area (Å²) in [6, 6.07) is 4.09. The van der Waals surface area contributed by atoms with Gasteiger partial charge in [-0.1, -0.05) is 0 Å². The Kier molecular flexibility index (Phi) is 3.23. The third kappa shape index (κ3) is 2.91. The first-order valence-corrected chi connectivity index (χ1v) is 6.10. The zero-order valence-electron chi connectivity index (χ0n) is 10.4. The Hall–Kier alpha value is -1.69. The smallest absolute Gasteiger partial charge is 0.232 e. The highest BCUT2D eigenvalue weighted by Gasteiger charge is 2.06. The first-order chi connectivity index (χ1) is 8.04. The minimum absolute atomic E-state index is 0.586. The van der Waals surface area contributed by atoms with E-state index in [1.165, 1.54) is 4.88 Å². The molecule has 0 aliphatic heterocycles. The Morgan fingerprint density at radius 3 is 2.47 bits per heavy atom. The minimum atomic E-state index is 0.586. The summed E-state index contributed by atoms with van der Waals surface area (Å²) >= 11 is 1.68. The third-order valence-corrected chi connectivity index (χ3v) is 3.03. The first-order valence-electron chi connectivity index (χ1n) is 5.28. The summed E-state index contributed by atoms with van der Waals surface area (Å²) in [4.78, 5) is 16.0. The van der Waals surface area contributed by atoms with E-state index in [1.54, 1.807) is 11.3 Å². The van der Waals surface area contributed by atoms with Crippen molar-refractivity contribution in [1.29, 1.82) is 0 Å². The summed E-state index contributed by atoms with van der Waals surface area (Å²) in [6.45, 7) is 3.93. The molecule has 17 heavy (non-hydrogen) atoms. The molecule has 0 spiro atoms. The van der Waals surface area contributed by atoms with Gasteiger partial charge in [-0.25, -0.2) is 0 Å². The van der Waals surface area contributed by atoms with E-state index in [9.17, 15) is 0 Å². The van der Waals surface area contributed by atoms with Gasteiger partial charge in [-0.3, -0.25) is 0 Å². The maximum atomic E-state index is 4.34. The fraction of sp³-hybridized carbons (Fsp3) is 0.364. The monoisotopic (exact) mass is 249 g/mol. The van der Waals surface area contributed by atoms with Crippen LogP contribution in [0.25, 0.3) is 0 Å². The van der Waals surface area contributed by atoms with Crippen LogP contribution >= 0.6 is 11.3 Å². The van der Waals surface area contributed by atoms with Crippen molar-refractivity contribution in [3.63, 3.8) is 0 Å². The Labute approximate surface area is 105 Å². The number of hydrogen-bond donors (Lipinski definition) is 1. The van der Waals surface area contributed by atoms with Crippen LogP contribution in [0.1, 0.15) is 10.7 Å². The van der Waals surface area contributed by atoms with Gasteiger partial charge in [0.15, 0.2) is 0 Å². The highest BCUT2D eigenvalue weighted by molar-refractivity contribution is 7.16. The van der Waals surface area contributed by atoms with E-state index < -0.39 is 0 Å². The Morgan fingerprint density at radius 2 is 1.88 bits per heavy atom. The van der Waals surface area contributed by atoms with Crippen molar-refractivity contribution in [2.75, 3.05) is 24.3 Å². The number of nitrogens with one attached hydrogen (secondary N) is 1. The predicted octanol–water partition coefficient (Wildman–Crippen LogP) is 2.36. The van der Waals surface area contributed by atoms with Gasteiger partial charge in [-0.15, -0.1) is 11.3 Å². The molecule has 0 saturated heterocycles. The van der Waals surface area contributed by atoms with Gasteiger partial charge in [-0.2, -0.15) is 15.0 Å². The van der Waals surface area contributed by atoms with Gasteiger partial charge < -0.3 is 10.2 Å². The second kappa shape index (κ2) is 4.67. The number of anilines is 3. The number of aryl methyl sites for hydroxylation is 2. The SMILES string of the molecule is Cc1nc(Nc2ccc(C)s2)nc(N(C)C)n1. The van der Waals surface area contributed by atoms with E-state index in [-0.39, 0.29) is 0 Å². The van der Waals surface area contributed by atoms with Crippen LogP contribution in [0.2, 0.25) is 0 Å². The molecule has 90 valence electrons. The predicted molar refractivity (Wildman–Crippen MR) is 71.2 cm³/mol. The quantitative estimate of drug-likeness (QED) is 0.905. The summed E-state index contributed by atoms with van der Waals surface area (Å²) in [5.74, 6) is 1.95. The summed E-state index contributed by atoms with van der Waals surface area (Å²) in [5, 5.41) is 4.23. The molecular formula is C11H15N5S. The zero-order chi connectivity index (χ0) is 12.4. The topological polar surface area (TPSA) is 53.9 Å². The van der Waals surface area contributed by atoms with Crippen molar-refractivity contribution < 1.29 is 0 Å². The molecule has 5 nitrogen and oxygen atoms in total. The molecule has 0 aromatic carbocycles. The van der Waals surface area contributed by atoms with Crippen LogP contribution in [0.5, 0.6) is 0 Å². The van der Waals surface area contributed by atoms with Crippen LogP contribution in [0.15, 0.2) is 12.1 Å². The van der Waals surface area contributed by atoms with Crippen molar-refractivity contribution in [2.24, 2.45) is 0 Å². The number of aromatic nitrogens is 3. The highest BCUT2D eigenvalue weighted by Crippen LogP contribution is 2.23. The van der Waals surface area contributed by atoms with Crippen molar-refractivity contribution >= 4 is 28.2 Å². The molecule has 0 aliphatic rings. The van der Waals surface area contributed by atoms with E-state index >= 15 is 0 Å². The van der Waals surface area contributed by atoms with Crippen molar-refractivity contribution in [1.82, 2.24) is 15.0 Å². The highest BCUT2D eigenvalue weighted by atomic mass is 32.1. The van der Waals surface area contributed by atoms with Crippen molar-refractivity contribution in [3.8, 4) is 0 Å². The fourth-order valence-corrected chi connectivity index (χ4v) is 2.10. The zero-order valence-corrected chi connectivity index (χ0v) is 11.2. The van der Waals surface area contributed by atoms with Crippen molar-refractivity contribution in [2.45, 2.75) is 13.8 Å². The van der Waals surface area contributed by atoms with Gasteiger partial charge in [0.1, 0.15) is 5.82 Å².